The quantitative estimate of drug-likeness (QED) is 0.224. The van der Waals surface area contributed by atoms with Gasteiger partial charge in [0.1, 0.15) is 5.69 Å². The molecule has 8 aromatic rings. The predicted octanol–water partition coefficient (Wildman–Crippen LogP) is 8.79. The molecule has 0 aliphatic rings. The number of benzene rings is 5. The van der Waals surface area contributed by atoms with Gasteiger partial charge in [-0.3, -0.25) is 4.98 Å². The van der Waals surface area contributed by atoms with Crippen molar-refractivity contribution in [1.29, 1.82) is 0 Å². The zero-order valence-electron chi connectivity index (χ0n) is 22.5. The Hall–Kier alpha value is -5.81. The van der Waals surface area contributed by atoms with Gasteiger partial charge in [0.05, 0.1) is 11.0 Å². The molecule has 5 heteroatoms. The number of hydrogen-bond donors (Lipinski definition) is 0. The third-order valence-electron chi connectivity index (χ3n) is 7.53. The maximum absolute atomic E-state index is 5.05. The zero-order valence-corrected chi connectivity index (χ0v) is 22.5. The Morgan fingerprint density at radius 1 is 0.333 bits per heavy atom. The van der Waals surface area contributed by atoms with Crippen LogP contribution >= 0.6 is 0 Å². The summed E-state index contributed by atoms with van der Waals surface area (Å²) in [5, 5.41) is 4.47. The van der Waals surface area contributed by atoms with Gasteiger partial charge in [0.2, 0.25) is 0 Å². The summed E-state index contributed by atoms with van der Waals surface area (Å²) in [5.41, 5.74) is 6.63. The molecule has 0 N–H and O–H groups in total. The van der Waals surface area contributed by atoms with Crippen LogP contribution in [0.15, 0.2) is 140 Å². The molecule has 0 aliphatic carbocycles. The molecule has 5 aromatic carbocycles. The van der Waals surface area contributed by atoms with Gasteiger partial charge in [0.15, 0.2) is 17.5 Å². The van der Waals surface area contributed by atoms with Crippen molar-refractivity contribution in [3.05, 3.63) is 140 Å². The molecule has 3 aromatic heterocycles. The summed E-state index contributed by atoms with van der Waals surface area (Å²) in [5.74, 6) is 1.77. The van der Waals surface area contributed by atoms with E-state index < -0.39 is 0 Å². The number of pyridine rings is 2. The third kappa shape index (κ3) is 4.43. The van der Waals surface area contributed by atoms with Gasteiger partial charge in [-0.05, 0) is 58.3 Å². The summed E-state index contributed by atoms with van der Waals surface area (Å²) in [6.45, 7) is 0. The molecule has 8 rings (SSSR count). The van der Waals surface area contributed by atoms with Crippen LogP contribution in [-0.2, 0) is 0 Å². The molecule has 0 spiro atoms. The fourth-order valence-corrected chi connectivity index (χ4v) is 5.34. The molecular weight excluding hydrogens is 514 g/mol. The molecule has 0 fully saturated rings. The number of aromatic nitrogens is 5. The first-order valence-electron chi connectivity index (χ1n) is 13.8. The molecule has 0 bridgehead atoms. The van der Waals surface area contributed by atoms with E-state index in [1.54, 1.807) is 0 Å². The van der Waals surface area contributed by atoms with E-state index in [1.807, 2.05) is 60.8 Å². The normalized spacial score (nSPS) is 11.3. The van der Waals surface area contributed by atoms with Crippen molar-refractivity contribution in [3.8, 4) is 45.4 Å². The van der Waals surface area contributed by atoms with Gasteiger partial charge >= 0.3 is 0 Å². The minimum atomic E-state index is 0.538. The fourth-order valence-electron chi connectivity index (χ4n) is 5.34. The van der Waals surface area contributed by atoms with E-state index in [0.29, 0.717) is 23.2 Å². The standard InChI is InChI=1S/C37H23N5/c1-2-8-26(9-3-1)35-40-36(31-15-12-24-7-4-5-10-27(24)22-31)42-37(41-35)33-19-16-25-13-14-29(23-34(25)39-33)28-17-18-32-30(21-28)11-6-20-38-32/h1-23H. The molecule has 196 valence electrons. The lowest BCUT2D eigenvalue weighted by Crippen LogP contribution is -2.01. The average Bonchev–Trinajstić information content (AvgIpc) is 3.07. The molecule has 0 aliphatic heterocycles. The molecule has 0 saturated heterocycles. The number of fused-ring (bicyclic) bond motifs is 3. The Morgan fingerprint density at radius 2 is 0.976 bits per heavy atom. The van der Waals surface area contributed by atoms with Crippen LogP contribution in [0.3, 0.4) is 0 Å². The van der Waals surface area contributed by atoms with Crippen molar-refractivity contribution < 1.29 is 0 Å². The Labute approximate surface area is 242 Å². The Morgan fingerprint density at radius 3 is 1.88 bits per heavy atom. The summed E-state index contributed by atoms with van der Waals surface area (Å²) in [6, 6.07) is 45.4. The molecule has 0 atom stereocenters. The van der Waals surface area contributed by atoms with E-state index in [-0.39, 0.29) is 0 Å². The smallest absolute Gasteiger partial charge is 0.182 e. The van der Waals surface area contributed by atoms with Gasteiger partial charge in [-0.2, -0.15) is 0 Å². The second-order valence-corrected chi connectivity index (χ2v) is 10.2. The summed E-state index contributed by atoms with van der Waals surface area (Å²) in [7, 11) is 0. The maximum Gasteiger partial charge on any atom is 0.182 e. The summed E-state index contributed by atoms with van der Waals surface area (Å²) < 4.78 is 0. The maximum atomic E-state index is 5.05. The van der Waals surface area contributed by atoms with Crippen molar-refractivity contribution in [3.63, 3.8) is 0 Å². The first-order valence-corrected chi connectivity index (χ1v) is 13.8. The predicted molar refractivity (Wildman–Crippen MR) is 170 cm³/mol. The highest BCUT2D eigenvalue weighted by molar-refractivity contribution is 5.90. The summed E-state index contributed by atoms with van der Waals surface area (Å²) in [4.78, 5) is 24.2. The third-order valence-corrected chi connectivity index (χ3v) is 7.53. The molecule has 5 nitrogen and oxygen atoms in total. The Kier molecular flexibility index (Phi) is 5.71. The van der Waals surface area contributed by atoms with E-state index in [0.717, 1.165) is 49.4 Å². The van der Waals surface area contributed by atoms with E-state index in [2.05, 4.69) is 83.8 Å². The van der Waals surface area contributed by atoms with Gasteiger partial charge < -0.3 is 0 Å². The van der Waals surface area contributed by atoms with Gasteiger partial charge in [-0.1, -0.05) is 97.1 Å². The second-order valence-electron chi connectivity index (χ2n) is 10.2. The number of rotatable bonds is 4. The highest BCUT2D eigenvalue weighted by atomic mass is 15.0. The Balaban J connectivity index is 1.26. The van der Waals surface area contributed by atoms with E-state index >= 15 is 0 Å². The van der Waals surface area contributed by atoms with Crippen molar-refractivity contribution in [2.45, 2.75) is 0 Å². The first kappa shape index (κ1) is 24.0. The van der Waals surface area contributed by atoms with E-state index in [9.17, 15) is 0 Å². The van der Waals surface area contributed by atoms with Crippen LogP contribution in [0.25, 0.3) is 78.0 Å². The first-order chi connectivity index (χ1) is 20.8. The molecule has 0 radical (unpaired) electrons. The van der Waals surface area contributed by atoms with Crippen molar-refractivity contribution in [1.82, 2.24) is 24.9 Å². The SMILES string of the molecule is c1ccc(-c2nc(-c3ccc4ccccc4c3)nc(-c3ccc4ccc(-c5ccc6ncccc6c5)cc4n3)n2)cc1. The fraction of sp³-hybridized carbons (Fsp3) is 0. The van der Waals surface area contributed by atoms with Crippen LogP contribution in [-0.4, -0.2) is 24.9 Å². The lowest BCUT2D eigenvalue weighted by Gasteiger charge is -2.10. The molecular formula is C37H23N5. The zero-order chi connectivity index (χ0) is 27.9. The van der Waals surface area contributed by atoms with Gasteiger partial charge in [0.25, 0.3) is 0 Å². The topological polar surface area (TPSA) is 64.5 Å². The van der Waals surface area contributed by atoms with Crippen LogP contribution in [0, 0.1) is 0 Å². The second kappa shape index (κ2) is 9.98. The number of nitrogens with zero attached hydrogens (tertiary/aromatic N) is 5. The van der Waals surface area contributed by atoms with Crippen LogP contribution in [0.1, 0.15) is 0 Å². The molecule has 0 unspecified atom stereocenters. The van der Waals surface area contributed by atoms with Crippen LogP contribution in [0.2, 0.25) is 0 Å². The van der Waals surface area contributed by atoms with E-state index in [4.69, 9.17) is 19.9 Å². The van der Waals surface area contributed by atoms with Crippen LogP contribution in [0.4, 0.5) is 0 Å². The average molecular weight is 538 g/mol. The van der Waals surface area contributed by atoms with Gasteiger partial charge in [0, 0.05) is 28.1 Å². The van der Waals surface area contributed by atoms with Gasteiger partial charge in [-0.15, -0.1) is 0 Å². The lowest BCUT2D eigenvalue weighted by molar-refractivity contribution is 1.06. The molecule has 0 amide bonds. The summed E-state index contributed by atoms with van der Waals surface area (Å²) >= 11 is 0. The number of hydrogen-bond acceptors (Lipinski definition) is 5. The highest BCUT2D eigenvalue weighted by Gasteiger charge is 2.14. The summed E-state index contributed by atoms with van der Waals surface area (Å²) in [6.07, 6.45) is 1.82. The van der Waals surface area contributed by atoms with Gasteiger partial charge in [-0.25, -0.2) is 19.9 Å². The minimum Gasteiger partial charge on any atom is -0.256 e. The molecule has 3 heterocycles. The molecule has 0 saturated carbocycles. The molecule has 42 heavy (non-hydrogen) atoms. The van der Waals surface area contributed by atoms with Crippen LogP contribution in [0.5, 0.6) is 0 Å². The van der Waals surface area contributed by atoms with Crippen LogP contribution < -0.4 is 0 Å². The largest absolute Gasteiger partial charge is 0.256 e. The van der Waals surface area contributed by atoms with Crippen molar-refractivity contribution in [2.24, 2.45) is 0 Å². The lowest BCUT2D eigenvalue weighted by atomic mass is 10.0. The highest BCUT2D eigenvalue weighted by Crippen LogP contribution is 2.30. The monoisotopic (exact) mass is 537 g/mol. The van der Waals surface area contributed by atoms with Crippen molar-refractivity contribution >= 4 is 32.6 Å². The van der Waals surface area contributed by atoms with E-state index in [1.165, 1.54) is 5.39 Å². The van der Waals surface area contributed by atoms with Crippen molar-refractivity contribution in [2.75, 3.05) is 0 Å². The Bertz CT molecular complexity index is 2260. The minimum absolute atomic E-state index is 0.538.